The van der Waals surface area contributed by atoms with Crippen LogP contribution in [0.3, 0.4) is 0 Å². The van der Waals surface area contributed by atoms with Crippen LogP contribution in [0.5, 0.6) is 0 Å². The molecule has 0 radical (unpaired) electrons. The second kappa shape index (κ2) is 6.60. The normalized spacial score (nSPS) is 20.9. The zero-order valence-corrected chi connectivity index (χ0v) is 12.3. The summed E-state index contributed by atoms with van der Waals surface area (Å²) in [7, 11) is 0. The van der Waals surface area contributed by atoms with Crippen molar-refractivity contribution in [3.05, 3.63) is 0 Å². The third-order valence-electron chi connectivity index (χ3n) is 3.25. The molecule has 4 heteroatoms. The van der Waals surface area contributed by atoms with Crippen LogP contribution < -0.4 is 5.73 Å². The molecule has 0 aromatic carbocycles. The van der Waals surface area contributed by atoms with E-state index in [0.717, 1.165) is 25.9 Å². The summed E-state index contributed by atoms with van der Waals surface area (Å²) < 4.78 is 0. The van der Waals surface area contributed by atoms with Crippen molar-refractivity contribution < 1.29 is 4.79 Å². The molecule has 2 N–H and O–H groups in total. The van der Waals surface area contributed by atoms with E-state index in [1.54, 1.807) is 0 Å². The Bertz CT molecular complexity index is 254. The van der Waals surface area contributed by atoms with E-state index >= 15 is 0 Å². The number of carbonyl (C=O) groups is 1. The van der Waals surface area contributed by atoms with E-state index in [4.69, 9.17) is 5.73 Å². The predicted molar refractivity (Wildman–Crippen MR) is 74.3 cm³/mol. The summed E-state index contributed by atoms with van der Waals surface area (Å²) in [4.78, 5) is 14.1. The van der Waals surface area contributed by atoms with Gasteiger partial charge in [0.1, 0.15) is 0 Å². The number of carbonyl (C=O) groups excluding carboxylic acids is 1. The Hall–Kier alpha value is -0.280. The van der Waals surface area contributed by atoms with Gasteiger partial charge in [-0.25, -0.2) is 0 Å². The highest BCUT2D eigenvalue weighted by atomic mass is 35.5. The van der Waals surface area contributed by atoms with Gasteiger partial charge in [-0.15, -0.1) is 12.4 Å². The molecule has 0 unspecified atom stereocenters. The average Bonchev–Trinajstić information content (AvgIpc) is 2.13. The summed E-state index contributed by atoms with van der Waals surface area (Å²) in [5.74, 6) is 0.623. The molecule has 0 aromatic rings. The first-order valence-corrected chi connectivity index (χ1v) is 6.36. The van der Waals surface area contributed by atoms with Crippen LogP contribution in [0.15, 0.2) is 0 Å². The minimum atomic E-state index is -0.311. The number of amides is 1. The Kier molecular flexibility index (Phi) is 6.49. The standard InChI is InChI=1S/C13H26N2O.ClH/c1-10(2)8-11(14)12(16)15-7-5-6-13(3,4)9-15;/h10-11H,5-9,14H2,1-4H3;1H/t11-;/m0./s1. The molecule has 102 valence electrons. The van der Waals surface area contributed by atoms with Crippen LogP contribution in [0.1, 0.15) is 47.0 Å². The fraction of sp³-hybridized carbons (Fsp3) is 0.923. The van der Waals surface area contributed by atoms with Crippen LogP contribution in [0, 0.1) is 11.3 Å². The molecule has 1 aliphatic rings. The van der Waals surface area contributed by atoms with E-state index < -0.39 is 0 Å². The maximum atomic E-state index is 12.1. The van der Waals surface area contributed by atoms with Gasteiger partial charge >= 0.3 is 0 Å². The highest BCUT2D eigenvalue weighted by Gasteiger charge is 2.31. The fourth-order valence-electron chi connectivity index (χ4n) is 2.45. The average molecular weight is 263 g/mol. The number of likely N-dealkylation sites (tertiary alicyclic amines) is 1. The first kappa shape index (κ1) is 16.7. The van der Waals surface area contributed by atoms with E-state index in [1.807, 2.05) is 4.90 Å². The number of halogens is 1. The number of rotatable bonds is 3. The first-order valence-electron chi connectivity index (χ1n) is 6.36. The van der Waals surface area contributed by atoms with E-state index in [0.29, 0.717) is 5.92 Å². The van der Waals surface area contributed by atoms with Crippen molar-refractivity contribution in [1.82, 2.24) is 4.90 Å². The van der Waals surface area contributed by atoms with Crippen LogP contribution in [0.2, 0.25) is 0 Å². The summed E-state index contributed by atoms with van der Waals surface area (Å²) in [5.41, 5.74) is 6.20. The summed E-state index contributed by atoms with van der Waals surface area (Å²) in [6, 6.07) is -0.311. The second-order valence-corrected chi connectivity index (χ2v) is 6.26. The summed E-state index contributed by atoms with van der Waals surface area (Å²) in [6.07, 6.45) is 3.10. The molecule has 0 aromatic heterocycles. The van der Waals surface area contributed by atoms with Gasteiger partial charge in [-0.2, -0.15) is 0 Å². The maximum Gasteiger partial charge on any atom is 0.239 e. The third kappa shape index (κ3) is 5.26. The third-order valence-corrected chi connectivity index (χ3v) is 3.25. The molecule has 3 nitrogen and oxygen atoms in total. The minimum Gasteiger partial charge on any atom is -0.341 e. The molecule has 1 fully saturated rings. The van der Waals surface area contributed by atoms with Gasteiger partial charge < -0.3 is 10.6 Å². The number of piperidine rings is 1. The molecule has 0 saturated carbocycles. The lowest BCUT2D eigenvalue weighted by Gasteiger charge is -2.39. The molecule has 0 bridgehead atoms. The smallest absolute Gasteiger partial charge is 0.239 e. The minimum absolute atomic E-state index is 0. The van der Waals surface area contributed by atoms with Gasteiger partial charge in [0.25, 0.3) is 0 Å². The second-order valence-electron chi connectivity index (χ2n) is 6.26. The SMILES string of the molecule is CC(C)C[C@H](N)C(=O)N1CCCC(C)(C)C1.Cl. The highest BCUT2D eigenvalue weighted by Crippen LogP contribution is 2.28. The van der Waals surface area contributed by atoms with Crippen molar-refractivity contribution in [3.8, 4) is 0 Å². The molecule has 1 rings (SSSR count). The quantitative estimate of drug-likeness (QED) is 0.849. The van der Waals surface area contributed by atoms with Crippen LogP contribution in [-0.2, 0) is 4.79 Å². The van der Waals surface area contributed by atoms with Gasteiger partial charge in [-0.05, 0) is 30.6 Å². The molecule has 0 spiro atoms. The largest absolute Gasteiger partial charge is 0.341 e. The van der Waals surface area contributed by atoms with Crippen molar-refractivity contribution in [2.75, 3.05) is 13.1 Å². The van der Waals surface area contributed by atoms with Gasteiger partial charge in [-0.1, -0.05) is 27.7 Å². The van der Waals surface area contributed by atoms with Crippen molar-refractivity contribution >= 4 is 18.3 Å². The molecule has 1 saturated heterocycles. The molecular formula is C13H27ClN2O. The van der Waals surface area contributed by atoms with Gasteiger partial charge in [0, 0.05) is 13.1 Å². The molecular weight excluding hydrogens is 236 g/mol. The topological polar surface area (TPSA) is 46.3 Å². The summed E-state index contributed by atoms with van der Waals surface area (Å²) >= 11 is 0. The van der Waals surface area contributed by atoms with E-state index in [1.165, 1.54) is 6.42 Å². The van der Waals surface area contributed by atoms with Gasteiger partial charge in [-0.3, -0.25) is 4.79 Å². The Balaban J connectivity index is 0.00000256. The van der Waals surface area contributed by atoms with Crippen molar-refractivity contribution in [2.24, 2.45) is 17.1 Å². The van der Waals surface area contributed by atoms with Crippen molar-refractivity contribution in [1.29, 1.82) is 0 Å². The molecule has 1 heterocycles. The lowest BCUT2D eigenvalue weighted by atomic mass is 9.84. The predicted octanol–water partition coefficient (Wildman–Crippen LogP) is 2.43. The van der Waals surface area contributed by atoms with Crippen LogP contribution in [0.4, 0.5) is 0 Å². The molecule has 1 amide bonds. The fourth-order valence-corrected chi connectivity index (χ4v) is 2.45. The van der Waals surface area contributed by atoms with Gasteiger partial charge in [0.15, 0.2) is 0 Å². The Morgan fingerprint density at radius 2 is 2.00 bits per heavy atom. The van der Waals surface area contributed by atoms with E-state index in [9.17, 15) is 4.79 Å². The van der Waals surface area contributed by atoms with E-state index in [2.05, 4.69) is 27.7 Å². The first-order chi connectivity index (χ1) is 7.32. The van der Waals surface area contributed by atoms with Crippen LogP contribution >= 0.6 is 12.4 Å². The zero-order chi connectivity index (χ0) is 12.3. The summed E-state index contributed by atoms with van der Waals surface area (Å²) in [6.45, 7) is 10.4. The molecule has 0 aliphatic carbocycles. The highest BCUT2D eigenvalue weighted by molar-refractivity contribution is 5.85. The maximum absolute atomic E-state index is 12.1. The van der Waals surface area contributed by atoms with Gasteiger partial charge in [0.05, 0.1) is 6.04 Å². The van der Waals surface area contributed by atoms with Crippen LogP contribution in [-0.4, -0.2) is 29.9 Å². The lowest BCUT2D eigenvalue weighted by molar-refractivity contribution is -0.136. The zero-order valence-electron chi connectivity index (χ0n) is 11.5. The van der Waals surface area contributed by atoms with Crippen LogP contribution in [0.25, 0.3) is 0 Å². The number of hydrogen-bond acceptors (Lipinski definition) is 2. The molecule has 17 heavy (non-hydrogen) atoms. The molecule has 1 aliphatic heterocycles. The van der Waals surface area contributed by atoms with Crippen molar-refractivity contribution in [2.45, 2.75) is 53.0 Å². The number of hydrogen-bond donors (Lipinski definition) is 1. The Morgan fingerprint density at radius 1 is 1.41 bits per heavy atom. The van der Waals surface area contributed by atoms with Gasteiger partial charge in [0.2, 0.25) is 5.91 Å². The van der Waals surface area contributed by atoms with E-state index in [-0.39, 0.29) is 29.8 Å². The summed E-state index contributed by atoms with van der Waals surface area (Å²) in [5, 5.41) is 0. The number of nitrogens with zero attached hydrogens (tertiary/aromatic N) is 1. The van der Waals surface area contributed by atoms with Crippen molar-refractivity contribution in [3.63, 3.8) is 0 Å². The Morgan fingerprint density at radius 3 is 2.47 bits per heavy atom. The lowest BCUT2D eigenvalue weighted by Crippen LogP contribution is -2.50. The number of nitrogens with two attached hydrogens (primary N) is 1. The Labute approximate surface area is 112 Å². The monoisotopic (exact) mass is 262 g/mol. The molecule has 1 atom stereocenters.